The van der Waals surface area contributed by atoms with Gasteiger partial charge in [0.25, 0.3) is 0 Å². The number of hydrogen-bond acceptors (Lipinski definition) is 3. The van der Waals surface area contributed by atoms with Crippen LogP contribution in [0.1, 0.15) is 19.3 Å². The van der Waals surface area contributed by atoms with Gasteiger partial charge in [0, 0.05) is 18.1 Å². The highest BCUT2D eigenvalue weighted by molar-refractivity contribution is 6.20. The molecule has 0 spiro atoms. The Labute approximate surface area is 101 Å². The first kappa shape index (κ1) is 11.5. The quantitative estimate of drug-likeness (QED) is 0.822. The fourth-order valence-corrected chi connectivity index (χ4v) is 2.51. The number of alkyl halides is 1. The predicted molar refractivity (Wildman–Crippen MR) is 66.3 cm³/mol. The van der Waals surface area contributed by atoms with Crippen molar-refractivity contribution in [2.24, 2.45) is 5.92 Å². The minimum Gasteiger partial charge on any atom is -0.493 e. The zero-order valence-electron chi connectivity index (χ0n) is 9.45. The smallest absolute Gasteiger partial charge is 0.168 e. The van der Waals surface area contributed by atoms with Crippen LogP contribution in [0.2, 0.25) is 0 Å². The maximum absolute atomic E-state index is 6.23. The summed E-state index contributed by atoms with van der Waals surface area (Å²) in [6, 6.07) is 3.77. The molecule has 1 N–H and O–H groups in total. The fourth-order valence-electron chi connectivity index (χ4n) is 2.14. The molecule has 3 nitrogen and oxygen atoms in total. The second-order valence-corrected chi connectivity index (χ2v) is 4.70. The summed E-state index contributed by atoms with van der Waals surface area (Å²) in [4.78, 5) is 4.26. The maximum atomic E-state index is 6.23. The summed E-state index contributed by atoms with van der Waals surface area (Å²) in [5, 5.41) is 3.62. The molecule has 16 heavy (non-hydrogen) atoms. The van der Waals surface area contributed by atoms with Gasteiger partial charge in [0.1, 0.15) is 0 Å². The Morgan fingerprint density at radius 2 is 2.44 bits per heavy atom. The molecule has 88 valence electrons. The molecule has 2 atom stereocenters. The van der Waals surface area contributed by atoms with Crippen molar-refractivity contribution in [2.75, 3.05) is 19.0 Å². The van der Waals surface area contributed by atoms with E-state index in [2.05, 4.69) is 10.3 Å². The van der Waals surface area contributed by atoms with Crippen LogP contribution in [0.25, 0.3) is 0 Å². The lowest BCUT2D eigenvalue weighted by molar-refractivity contribution is 0.414. The van der Waals surface area contributed by atoms with Crippen LogP contribution in [0, 0.1) is 5.92 Å². The molecule has 1 heterocycles. The SMILES string of the molecule is COc1cccnc1NCC1CCCC1Cl. The van der Waals surface area contributed by atoms with Gasteiger partial charge in [-0.25, -0.2) is 4.98 Å². The van der Waals surface area contributed by atoms with E-state index in [4.69, 9.17) is 16.3 Å². The molecule has 1 saturated carbocycles. The lowest BCUT2D eigenvalue weighted by Crippen LogP contribution is -2.19. The number of nitrogens with one attached hydrogen (secondary N) is 1. The third-order valence-corrected chi connectivity index (χ3v) is 3.66. The lowest BCUT2D eigenvalue weighted by Gasteiger charge is -2.16. The molecule has 0 aliphatic heterocycles. The van der Waals surface area contributed by atoms with Crippen molar-refractivity contribution < 1.29 is 4.74 Å². The first-order valence-electron chi connectivity index (χ1n) is 5.68. The number of methoxy groups -OCH3 is 1. The van der Waals surface area contributed by atoms with E-state index in [0.29, 0.717) is 11.3 Å². The van der Waals surface area contributed by atoms with E-state index in [-0.39, 0.29) is 0 Å². The molecule has 1 aliphatic rings. The van der Waals surface area contributed by atoms with E-state index in [0.717, 1.165) is 24.5 Å². The fraction of sp³-hybridized carbons (Fsp3) is 0.583. The van der Waals surface area contributed by atoms with Crippen molar-refractivity contribution in [1.82, 2.24) is 4.98 Å². The first-order chi connectivity index (χ1) is 7.81. The summed E-state index contributed by atoms with van der Waals surface area (Å²) in [5.41, 5.74) is 0. The minimum atomic E-state index is 0.308. The van der Waals surface area contributed by atoms with Crippen molar-refractivity contribution in [3.05, 3.63) is 18.3 Å². The molecule has 1 aromatic heterocycles. The van der Waals surface area contributed by atoms with Crippen molar-refractivity contribution in [3.8, 4) is 5.75 Å². The highest BCUT2D eigenvalue weighted by Gasteiger charge is 2.25. The van der Waals surface area contributed by atoms with Gasteiger partial charge in [0.2, 0.25) is 0 Å². The average Bonchev–Trinajstić information content (AvgIpc) is 2.72. The van der Waals surface area contributed by atoms with Crippen LogP contribution in [0.15, 0.2) is 18.3 Å². The number of rotatable bonds is 4. The van der Waals surface area contributed by atoms with E-state index in [1.165, 1.54) is 12.8 Å². The minimum absolute atomic E-state index is 0.308. The molecular weight excluding hydrogens is 224 g/mol. The van der Waals surface area contributed by atoms with Crippen LogP contribution in [0.3, 0.4) is 0 Å². The number of hydrogen-bond donors (Lipinski definition) is 1. The monoisotopic (exact) mass is 240 g/mol. The van der Waals surface area contributed by atoms with E-state index in [1.54, 1.807) is 13.3 Å². The van der Waals surface area contributed by atoms with E-state index in [9.17, 15) is 0 Å². The van der Waals surface area contributed by atoms with Crippen LogP contribution in [-0.2, 0) is 0 Å². The van der Waals surface area contributed by atoms with Gasteiger partial charge in [-0.05, 0) is 30.9 Å². The second kappa shape index (κ2) is 5.39. The van der Waals surface area contributed by atoms with Gasteiger partial charge >= 0.3 is 0 Å². The van der Waals surface area contributed by atoms with Crippen molar-refractivity contribution in [1.29, 1.82) is 0 Å². The van der Waals surface area contributed by atoms with E-state index < -0.39 is 0 Å². The Morgan fingerprint density at radius 3 is 3.12 bits per heavy atom. The van der Waals surface area contributed by atoms with Gasteiger partial charge < -0.3 is 10.1 Å². The summed E-state index contributed by atoms with van der Waals surface area (Å²) in [7, 11) is 1.65. The van der Waals surface area contributed by atoms with Gasteiger partial charge in [-0.2, -0.15) is 0 Å². The molecule has 2 unspecified atom stereocenters. The number of nitrogens with zero attached hydrogens (tertiary/aromatic N) is 1. The lowest BCUT2D eigenvalue weighted by atomic mass is 10.1. The number of anilines is 1. The largest absolute Gasteiger partial charge is 0.493 e. The molecule has 1 fully saturated rings. The summed E-state index contributed by atoms with van der Waals surface area (Å²) >= 11 is 6.23. The van der Waals surface area contributed by atoms with Crippen LogP contribution in [0.4, 0.5) is 5.82 Å². The van der Waals surface area contributed by atoms with Crippen molar-refractivity contribution in [3.63, 3.8) is 0 Å². The standard InChI is InChI=1S/C12H17ClN2O/c1-16-11-6-3-7-14-12(11)15-8-9-4-2-5-10(9)13/h3,6-7,9-10H,2,4-5,8H2,1H3,(H,14,15). The Bertz CT molecular complexity index is 346. The maximum Gasteiger partial charge on any atom is 0.168 e. The third kappa shape index (κ3) is 2.59. The summed E-state index contributed by atoms with van der Waals surface area (Å²) in [5.74, 6) is 2.14. The highest BCUT2D eigenvalue weighted by atomic mass is 35.5. The molecule has 1 aliphatic carbocycles. The molecule has 0 aromatic carbocycles. The van der Waals surface area contributed by atoms with Crippen molar-refractivity contribution in [2.45, 2.75) is 24.6 Å². The normalized spacial score (nSPS) is 24.4. The topological polar surface area (TPSA) is 34.1 Å². The first-order valence-corrected chi connectivity index (χ1v) is 6.12. The van der Waals surface area contributed by atoms with Gasteiger partial charge in [0.05, 0.1) is 7.11 Å². The average molecular weight is 241 g/mol. The van der Waals surface area contributed by atoms with Crippen LogP contribution in [-0.4, -0.2) is 24.0 Å². The second-order valence-electron chi connectivity index (χ2n) is 4.14. The highest BCUT2D eigenvalue weighted by Crippen LogP contribution is 2.30. The predicted octanol–water partition coefficient (Wildman–Crippen LogP) is 2.91. The summed E-state index contributed by atoms with van der Waals surface area (Å²) in [6.45, 7) is 0.877. The molecule has 0 radical (unpaired) electrons. The molecule has 0 bridgehead atoms. The van der Waals surface area contributed by atoms with E-state index in [1.807, 2.05) is 12.1 Å². The van der Waals surface area contributed by atoms with Crippen molar-refractivity contribution >= 4 is 17.4 Å². The van der Waals surface area contributed by atoms with Crippen LogP contribution in [0.5, 0.6) is 5.75 Å². The van der Waals surface area contributed by atoms with Gasteiger partial charge in [0.15, 0.2) is 11.6 Å². The van der Waals surface area contributed by atoms with Gasteiger partial charge in [-0.1, -0.05) is 6.42 Å². The third-order valence-electron chi connectivity index (χ3n) is 3.09. The van der Waals surface area contributed by atoms with Gasteiger partial charge in [-0.3, -0.25) is 0 Å². The molecule has 1 aromatic rings. The molecule has 4 heteroatoms. The molecule has 2 rings (SSSR count). The number of ether oxygens (including phenoxy) is 1. The molecule has 0 saturated heterocycles. The van der Waals surface area contributed by atoms with Crippen LogP contribution < -0.4 is 10.1 Å². The van der Waals surface area contributed by atoms with Crippen LogP contribution >= 0.6 is 11.6 Å². The van der Waals surface area contributed by atoms with E-state index >= 15 is 0 Å². The Morgan fingerprint density at radius 1 is 1.56 bits per heavy atom. The zero-order chi connectivity index (χ0) is 11.4. The summed E-state index contributed by atoms with van der Waals surface area (Å²) in [6.07, 6.45) is 5.33. The number of halogens is 1. The number of pyridine rings is 1. The molecular formula is C12H17ClN2O. The number of aromatic nitrogens is 1. The Kier molecular flexibility index (Phi) is 3.88. The Hall–Kier alpha value is -0.960. The van der Waals surface area contributed by atoms with Gasteiger partial charge in [-0.15, -0.1) is 11.6 Å². The summed E-state index contributed by atoms with van der Waals surface area (Å²) < 4.78 is 5.23. The Balaban J connectivity index is 1.93. The zero-order valence-corrected chi connectivity index (χ0v) is 10.2. The molecule has 0 amide bonds.